The molecule has 8 heteroatoms. The third kappa shape index (κ3) is 2.91. The van der Waals surface area contributed by atoms with Crippen molar-refractivity contribution in [2.45, 2.75) is 32.4 Å². The van der Waals surface area contributed by atoms with Gasteiger partial charge in [0.15, 0.2) is 5.65 Å². The van der Waals surface area contributed by atoms with E-state index >= 15 is 0 Å². The number of carbonyl (C=O) groups excluding carboxylic acids is 1. The summed E-state index contributed by atoms with van der Waals surface area (Å²) in [6.07, 6.45) is 4.02. The third-order valence-electron chi connectivity index (χ3n) is 5.00. The second-order valence-electron chi connectivity index (χ2n) is 7.06. The van der Waals surface area contributed by atoms with Crippen LogP contribution in [-0.2, 0) is 24.9 Å². The molecule has 136 valence electrons. The number of carbonyl (C=O) groups is 1. The first-order chi connectivity index (χ1) is 12.4. The lowest BCUT2D eigenvalue weighted by Crippen LogP contribution is -2.33. The summed E-state index contributed by atoms with van der Waals surface area (Å²) in [5.41, 5.74) is 0.234. The maximum atomic E-state index is 12.5. The van der Waals surface area contributed by atoms with Crippen LogP contribution >= 0.6 is 0 Å². The monoisotopic (exact) mass is 355 g/mol. The average molecular weight is 355 g/mol. The Morgan fingerprint density at radius 2 is 2.19 bits per heavy atom. The second-order valence-corrected chi connectivity index (χ2v) is 7.06. The van der Waals surface area contributed by atoms with Crippen molar-refractivity contribution >= 4 is 16.9 Å². The summed E-state index contributed by atoms with van der Waals surface area (Å²) in [5, 5.41) is 4.43. The maximum absolute atomic E-state index is 12.5. The molecule has 0 radical (unpaired) electrons. The molecule has 3 aromatic rings. The number of nitrogens with zero attached hydrogens (tertiary/aromatic N) is 5. The van der Waals surface area contributed by atoms with E-state index in [2.05, 4.69) is 17.0 Å². The molecule has 2 unspecified atom stereocenters. The second kappa shape index (κ2) is 6.12. The van der Waals surface area contributed by atoms with Crippen molar-refractivity contribution in [2.75, 3.05) is 7.05 Å². The fourth-order valence-corrected chi connectivity index (χ4v) is 3.16. The average Bonchev–Trinajstić information content (AvgIpc) is 3.00. The largest absolute Gasteiger partial charge is 0.464 e. The highest BCUT2D eigenvalue weighted by Gasteiger charge is 2.36. The topological polar surface area (TPSA) is 86.2 Å². The van der Waals surface area contributed by atoms with Crippen LogP contribution in [0, 0.1) is 5.92 Å². The summed E-state index contributed by atoms with van der Waals surface area (Å²) in [6.45, 7) is 2.50. The van der Waals surface area contributed by atoms with Gasteiger partial charge in [-0.25, -0.2) is 4.98 Å². The van der Waals surface area contributed by atoms with Gasteiger partial charge in [-0.15, -0.1) is 0 Å². The van der Waals surface area contributed by atoms with Crippen molar-refractivity contribution < 1.29 is 9.21 Å². The molecule has 3 aromatic heterocycles. The van der Waals surface area contributed by atoms with E-state index in [0.29, 0.717) is 29.4 Å². The molecule has 4 rings (SSSR count). The minimum Gasteiger partial charge on any atom is -0.464 e. The summed E-state index contributed by atoms with van der Waals surface area (Å²) < 4.78 is 8.69. The van der Waals surface area contributed by atoms with E-state index in [0.717, 1.165) is 17.9 Å². The molecular formula is C18H21N5O3. The molecule has 2 atom stereocenters. The number of amides is 1. The first-order valence-corrected chi connectivity index (χ1v) is 8.63. The van der Waals surface area contributed by atoms with Gasteiger partial charge in [0, 0.05) is 20.0 Å². The number of rotatable bonds is 5. The molecule has 3 heterocycles. The van der Waals surface area contributed by atoms with Crippen LogP contribution in [0.5, 0.6) is 0 Å². The molecule has 0 N–H and O–H groups in total. The number of aromatic nitrogens is 4. The zero-order chi connectivity index (χ0) is 18.4. The van der Waals surface area contributed by atoms with E-state index in [-0.39, 0.29) is 18.0 Å². The molecule has 1 aliphatic carbocycles. The van der Waals surface area contributed by atoms with Gasteiger partial charge >= 0.3 is 0 Å². The Bertz CT molecular complexity index is 1030. The lowest BCUT2D eigenvalue weighted by molar-refractivity contribution is -0.131. The van der Waals surface area contributed by atoms with E-state index in [9.17, 15) is 9.59 Å². The SMILES string of the molecule is CC1CC1c1ccc(CN(C)C(=O)Cn2cnc3c(cnn3C)c2=O)o1. The van der Waals surface area contributed by atoms with Gasteiger partial charge in [-0.05, 0) is 24.5 Å². The molecule has 0 spiro atoms. The summed E-state index contributed by atoms with van der Waals surface area (Å²) in [5.74, 6) is 2.75. The number of hydrogen-bond acceptors (Lipinski definition) is 5. The fourth-order valence-electron chi connectivity index (χ4n) is 3.16. The highest BCUT2D eigenvalue weighted by molar-refractivity contribution is 5.77. The van der Waals surface area contributed by atoms with E-state index < -0.39 is 0 Å². The third-order valence-corrected chi connectivity index (χ3v) is 5.00. The Hall–Kier alpha value is -2.90. The van der Waals surface area contributed by atoms with Gasteiger partial charge in [0.25, 0.3) is 5.56 Å². The minimum atomic E-state index is -0.271. The quantitative estimate of drug-likeness (QED) is 0.692. The van der Waals surface area contributed by atoms with Crippen LogP contribution in [0.3, 0.4) is 0 Å². The van der Waals surface area contributed by atoms with Crippen molar-refractivity contribution in [3.63, 3.8) is 0 Å². The Morgan fingerprint density at radius 3 is 2.92 bits per heavy atom. The Labute approximate surface area is 150 Å². The van der Waals surface area contributed by atoms with Crippen LogP contribution in [0.15, 0.2) is 33.9 Å². The molecule has 1 fully saturated rings. The van der Waals surface area contributed by atoms with Crippen LogP contribution in [0.2, 0.25) is 0 Å². The van der Waals surface area contributed by atoms with E-state index in [1.54, 1.807) is 19.0 Å². The van der Waals surface area contributed by atoms with Gasteiger partial charge in [-0.1, -0.05) is 6.92 Å². The molecule has 0 saturated heterocycles. The lowest BCUT2D eigenvalue weighted by Gasteiger charge is -2.16. The van der Waals surface area contributed by atoms with Crippen LogP contribution in [0.4, 0.5) is 0 Å². The standard InChI is InChI=1S/C18H21N5O3/c1-11-6-13(11)15-5-4-12(26-15)8-21(2)16(24)9-23-10-19-17-14(18(23)25)7-20-22(17)3/h4-5,7,10-11,13H,6,8-9H2,1-3H3. The molecule has 8 nitrogen and oxygen atoms in total. The van der Waals surface area contributed by atoms with Gasteiger partial charge < -0.3 is 9.32 Å². The van der Waals surface area contributed by atoms with E-state index in [4.69, 9.17) is 4.42 Å². The molecule has 0 bridgehead atoms. The molecule has 0 aromatic carbocycles. The van der Waals surface area contributed by atoms with Gasteiger partial charge in [0.1, 0.15) is 29.8 Å². The first kappa shape index (κ1) is 16.6. The molecule has 1 amide bonds. The zero-order valence-corrected chi connectivity index (χ0v) is 15.0. The van der Waals surface area contributed by atoms with Gasteiger partial charge in [-0.3, -0.25) is 18.8 Å². The Balaban J connectivity index is 1.45. The fraction of sp³-hybridized carbons (Fsp3) is 0.444. The highest BCUT2D eigenvalue weighted by atomic mass is 16.3. The number of fused-ring (bicyclic) bond motifs is 1. The zero-order valence-electron chi connectivity index (χ0n) is 15.0. The number of likely N-dealkylation sites (N-methyl/N-ethyl adjacent to an activating group) is 1. The smallest absolute Gasteiger partial charge is 0.264 e. The van der Waals surface area contributed by atoms with Crippen LogP contribution in [0.1, 0.15) is 30.8 Å². The van der Waals surface area contributed by atoms with Crippen molar-refractivity contribution in [2.24, 2.45) is 13.0 Å². The van der Waals surface area contributed by atoms with Gasteiger partial charge in [-0.2, -0.15) is 5.10 Å². The Morgan fingerprint density at radius 1 is 1.42 bits per heavy atom. The molecule has 0 aliphatic heterocycles. The number of hydrogen-bond donors (Lipinski definition) is 0. The Kier molecular flexibility index (Phi) is 3.90. The van der Waals surface area contributed by atoms with Crippen molar-refractivity contribution in [3.05, 3.63) is 46.5 Å². The summed E-state index contributed by atoms with van der Waals surface area (Å²) in [4.78, 5) is 30.7. The predicted octanol–water partition coefficient (Wildman–Crippen LogP) is 1.51. The lowest BCUT2D eigenvalue weighted by atomic mass is 10.3. The first-order valence-electron chi connectivity index (χ1n) is 8.63. The van der Waals surface area contributed by atoms with Gasteiger partial charge in [0.05, 0.1) is 12.7 Å². The van der Waals surface area contributed by atoms with Crippen LogP contribution in [-0.4, -0.2) is 37.2 Å². The molecular weight excluding hydrogens is 334 g/mol. The normalized spacial score (nSPS) is 19.0. The van der Waals surface area contributed by atoms with Crippen molar-refractivity contribution in [1.29, 1.82) is 0 Å². The van der Waals surface area contributed by atoms with Gasteiger partial charge in [0.2, 0.25) is 5.91 Å². The van der Waals surface area contributed by atoms with Crippen LogP contribution in [0.25, 0.3) is 11.0 Å². The number of aryl methyl sites for hydroxylation is 1. The summed E-state index contributed by atoms with van der Waals surface area (Å²) in [7, 11) is 3.42. The molecule has 1 aliphatic rings. The summed E-state index contributed by atoms with van der Waals surface area (Å²) in [6, 6.07) is 3.91. The van der Waals surface area contributed by atoms with E-state index in [1.165, 1.54) is 21.8 Å². The van der Waals surface area contributed by atoms with E-state index in [1.807, 2.05) is 12.1 Å². The minimum absolute atomic E-state index is 0.0691. The molecule has 1 saturated carbocycles. The maximum Gasteiger partial charge on any atom is 0.264 e. The number of furan rings is 1. The molecule has 26 heavy (non-hydrogen) atoms. The van der Waals surface area contributed by atoms with Crippen molar-refractivity contribution in [1.82, 2.24) is 24.2 Å². The summed E-state index contributed by atoms with van der Waals surface area (Å²) >= 11 is 0. The predicted molar refractivity (Wildman–Crippen MR) is 94.5 cm³/mol. The van der Waals surface area contributed by atoms with Crippen LogP contribution < -0.4 is 5.56 Å². The highest BCUT2D eigenvalue weighted by Crippen LogP contribution is 2.47. The van der Waals surface area contributed by atoms with Crippen molar-refractivity contribution in [3.8, 4) is 0 Å².